The predicted molar refractivity (Wildman–Crippen MR) is 65.9 cm³/mol. The molecule has 1 aliphatic carbocycles. The van der Waals surface area contributed by atoms with Crippen LogP contribution in [0, 0.1) is 0 Å². The van der Waals surface area contributed by atoms with Crippen LogP contribution in [0.1, 0.15) is 30.4 Å². The summed E-state index contributed by atoms with van der Waals surface area (Å²) in [5, 5.41) is 3.53. The molecule has 4 rings (SSSR count). The average Bonchev–Trinajstić information content (AvgIpc) is 3.09. The third kappa shape index (κ3) is 1.11. The van der Waals surface area contributed by atoms with Crippen LogP contribution in [0.5, 0.6) is 0 Å². The van der Waals surface area contributed by atoms with Crippen molar-refractivity contribution in [3.05, 3.63) is 29.3 Å². The lowest BCUT2D eigenvalue weighted by Gasteiger charge is -2.36. The van der Waals surface area contributed by atoms with E-state index in [0.29, 0.717) is 5.41 Å². The SMILES string of the molecule is c1cc2c3c(c1)C1(CCN3CCNC2)CC1. The lowest BCUT2D eigenvalue weighted by molar-refractivity contribution is 0.565. The Balaban J connectivity index is 1.93. The highest BCUT2D eigenvalue weighted by Gasteiger charge is 2.48. The van der Waals surface area contributed by atoms with E-state index in [1.54, 1.807) is 11.3 Å². The van der Waals surface area contributed by atoms with E-state index >= 15 is 0 Å². The van der Waals surface area contributed by atoms with Gasteiger partial charge in [0, 0.05) is 31.9 Å². The smallest absolute Gasteiger partial charge is 0.0450 e. The van der Waals surface area contributed by atoms with Gasteiger partial charge in [-0.2, -0.15) is 0 Å². The summed E-state index contributed by atoms with van der Waals surface area (Å²) < 4.78 is 0. The maximum atomic E-state index is 3.53. The number of para-hydroxylation sites is 1. The minimum Gasteiger partial charge on any atom is -0.370 e. The van der Waals surface area contributed by atoms with Crippen molar-refractivity contribution in [3.63, 3.8) is 0 Å². The molecular formula is C14H18N2. The summed E-state index contributed by atoms with van der Waals surface area (Å²) in [6, 6.07) is 6.93. The first-order valence-electron chi connectivity index (χ1n) is 6.47. The zero-order chi connectivity index (χ0) is 10.6. The van der Waals surface area contributed by atoms with Gasteiger partial charge >= 0.3 is 0 Å². The first kappa shape index (κ1) is 9.06. The second-order valence-electron chi connectivity index (χ2n) is 5.51. The van der Waals surface area contributed by atoms with Crippen LogP contribution < -0.4 is 10.2 Å². The molecule has 1 saturated carbocycles. The van der Waals surface area contributed by atoms with E-state index in [2.05, 4.69) is 28.4 Å². The maximum Gasteiger partial charge on any atom is 0.0450 e. The fourth-order valence-corrected chi connectivity index (χ4v) is 3.46. The Morgan fingerprint density at radius 1 is 1.12 bits per heavy atom. The zero-order valence-corrected chi connectivity index (χ0v) is 9.63. The number of fused-ring (bicyclic) bond motifs is 1. The van der Waals surface area contributed by atoms with Gasteiger partial charge in [-0.3, -0.25) is 0 Å². The summed E-state index contributed by atoms with van der Waals surface area (Å²) in [5.74, 6) is 0. The van der Waals surface area contributed by atoms with Crippen LogP contribution in [0.3, 0.4) is 0 Å². The van der Waals surface area contributed by atoms with Crippen molar-refractivity contribution < 1.29 is 0 Å². The number of rotatable bonds is 0. The van der Waals surface area contributed by atoms with Crippen LogP contribution in [0.25, 0.3) is 0 Å². The van der Waals surface area contributed by atoms with Gasteiger partial charge in [-0.15, -0.1) is 0 Å². The van der Waals surface area contributed by atoms with Crippen LogP contribution in [0.15, 0.2) is 18.2 Å². The van der Waals surface area contributed by atoms with Crippen molar-refractivity contribution in [2.45, 2.75) is 31.2 Å². The largest absolute Gasteiger partial charge is 0.370 e. The minimum atomic E-state index is 0.589. The van der Waals surface area contributed by atoms with Gasteiger partial charge in [0.15, 0.2) is 0 Å². The van der Waals surface area contributed by atoms with Crippen molar-refractivity contribution in [3.8, 4) is 0 Å². The molecule has 0 aromatic heterocycles. The summed E-state index contributed by atoms with van der Waals surface area (Å²) in [6.45, 7) is 4.63. The van der Waals surface area contributed by atoms with Crippen LogP contribution in [0.2, 0.25) is 0 Å². The molecule has 2 aliphatic heterocycles. The first-order chi connectivity index (χ1) is 7.89. The molecule has 0 radical (unpaired) electrons. The topological polar surface area (TPSA) is 15.3 Å². The second kappa shape index (κ2) is 3.01. The Morgan fingerprint density at radius 3 is 2.94 bits per heavy atom. The Kier molecular flexibility index (Phi) is 1.70. The first-order valence-corrected chi connectivity index (χ1v) is 6.47. The highest BCUT2D eigenvalue weighted by atomic mass is 15.2. The van der Waals surface area contributed by atoms with Crippen molar-refractivity contribution in [2.75, 3.05) is 24.5 Å². The van der Waals surface area contributed by atoms with Crippen molar-refractivity contribution in [1.29, 1.82) is 0 Å². The molecule has 2 nitrogen and oxygen atoms in total. The van der Waals surface area contributed by atoms with E-state index in [0.717, 1.165) is 13.1 Å². The Bertz CT molecular complexity index is 434. The molecule has 1 aromatic rings. The Hall–Kier alpha value is -1.02. The normalized spacial score (nSPS) is 25.1. The van der Waals surface area contributed by atoms with Gasteiger partial charge in [-0.05, 0) is 35.8 Å². The monoisotopic (exact) mass is 214 g/mol. The molecule has 0 bridgehead atoms. The third-order valence-electron chi connectivity index (χ3n) is 4.59. The van der Waals surface area contributed by atoms with Gasteiger partial charge < -0.3 is 10.2 Å². The molecule has 2 heteroatoms. The van der Waals surface area contributed by atoms with E-state index < -0.39 is 0 Å². The molecule has 1 N–H and O–H groups in total. The molecule has 0 atom stereocenters. The lowest BCUT2D eigenvalue weighted by atomic mass is 9.85. The molecule has 0 unspecified atom stereocenters. The molecule has 0 amide bonds. The predicted octanol–water partition coefficient (Wildman–Crippen LogP) is 2.03. The minimum absolute atomic E-state index is 0.589. The molecule has 16 heavy (non-hydrogen) atoms. The molecule has 2 heterocycles. The van der Waals surface area contributed by atoms with Gasteiger partial charge in [0.2, 0.25) is 0 Å². The van der Waals surface area contributed by atoms with Gasteiger partial charge in [0.05, 0.1) is 0 Å². The molecule has 1 aromatic carbocycles. The molecule has 0 saturated heterocycles. The van der Waals surface area contributed by atoms with Crippen LogP contribution in [0.4, 0.5) is 5.69 Å². The van der Waals surface area contributed by atoms with E-state index in [9.17, 15) is 0 Å². The number of benzene rings is 1. The Labute approximate surface area is 96.6 Å². The van der Waals surface area contributed by atoms with E-state index in [4.69, 9.17) is 0 Å². The molecule has 1 spiro atoms. The highest BCUT2D eigenvalue weighted by molar-refractivity contribution is 5.66. The van der Waals surface area contributed by atoms with E-state index in [1.807, 2.05) is 0 Å². The van der Waals surface area contributed by atoms with Gasteiger partial charge in [0.25, 0.3) is 0 Å². The van der Waals surface area contributed by atoms with Crippen LogP contribution in [-0.4, -0.2) is 19.6 Å². The maximum absolute atomic E-state index is 3.53. The molecule has 84 valence electrons. The number of hydrogen-bond acceptors (Lipinski definition) is 2. The molecule has 1 fully saturated rings. The summed E-state index contributed by atoms with van der Waals surface area (Å²) in [4.78, 5) is 2.61. The number of hydrogen-bond donors (Lipinski definition) is 1. The van der Waals surface area contributed by atoms with Crippen molar-refractivity contribution in [1.82, 2.24) is 5.32 Å². The summed E-state index contributed by atoms with van der Waals surface area (Å²) >= 11 is 0. The van der Waals surface area contributed by atoms with Gasteiger partial charge in [-0.1, -0.05) is 18.2 Å². The number of anilines is 1. The lowest BCUT2D eigenvalue weighted by Crippen LogP contribution is -2.36. The second-order valence-corrected chi connectivity index (χ2v) is 5.51. The molecule has 3 aliphatic rings. The zero-order valence-electron chi connectivity index (χ0n) is 9.63. The fraction of sp³-hybridized carbons (Fsp3) is 0.571. The van der Waals surface area contributed by atoms with Crippen LogP contribution >= 0.6 is 0 Å². The highest BCUT2D eigenvalue weighted by Crippen LogP contribution is 2.57. The van der Waals surface area contributed by atoms with E-state index in [1.165, 1.54) is 37.9 Å². The third-order valence-corrected chi connectivity index (χ3v) is 4.59. The summed E-state index contributed by atoms with van der Waals surface area (Å²) in [7, 11) is 0. The van der Waals surface area contributed by atoms with Crippen LogP contribution in [-0.2, 0) is 12.0 Å². The Morgan fingerprint density at radius 2 is 2.06 bits per heavy atom. The number of nitrogens with one attached hydrogen (secondary N) is 1. The van der Waals surface area contributed by atoms with Crippen molar-refractivity contribution >= 4 is 5.69 Å². The molecular weight excluding hydrogens is 196 g/mol. The quantitative estimate of drug-likeness (QED) is 0.711. The van der Waals surface area contributed by atoms with Crippen molar-refractivity contribution in [2.24, 2.45) is 0 Å². The van der Waals surface area contributed by atoms with Gasteiger partial charge in [0.1, 0.15) is 0 Å². The van der Waals surface area contributed by atoms with Gasteiger partial charge in [-0.25, -0.2) is 0 Å². The standard InChI is InChI=1S/C14H18N2/c1-2-11-10-15-7-9-16-8-6-14(4-5-14)12(3-1)13(11)16/h1-3,15H,4-10H2. The van der Waals surface area contributed by atoms with E-state index in [-0.39, 0.29) is 0 Å². The summed E-state index contributed by atoms with van der Waals surface area (Å²) in [5.41, 5.74) is 5.34. The summed E-state index contributed by atoms with van der Waals surface area (Å²) in [6.07, 6.45) is 4.22. The number of nitrogens with zero attached hydrogens (tertiary/aromatic N) is 1. The average molecular weight is 214 g/mol. The fourth-order valence-electron chi connectivity index (χ4n) is 3.46.